The van der Waals surface area contributed by atoms with E-state index in [2.05, 4.69) is 31.7 Å². The van der Waals surface area contributed by atoms with E-state index in [0.29, 0.717) is 17.1 Å². The van der Waals surface area contributed by atoms with Gasteiger partial charge in [-0.3, -0.25) is 34.5 Å². The van der Waals surface area contributed by atoms with Gasteiger partial charge < -0.3 is 26.2 Å². The SMILES string of the molecule is CCC[C@H](NC(=O)[C@@H]1C[C@]2(C=C(c3cccc(Cl)c3)NO2)CN1C(=O)[C@@H](NC(=O)NCc1cccnc1)C(C)(C)C)C(=O)C(=O)NC1CC1. The lowest BCUT2D eigenvalue weighted by molar-refractivity contribution is -0.144. The summed E-state index contributed by atoms with van der Waals surface area (Å²) >= 11 is 6.23. The van der Waals surface area contributed by atoms with E-state index in [1.165, 1.54) is 4.90 Å². The summed E-state index contributed by atoms with van der Waals surface area (Å²) in [5.41, 5.74) is 3.21. The first kappa shape index (κ1) is 35.8. The lowest BCUT2D eigenvalue weighted by Crippen LogP contribution is -2.60. The van der Waals surface area contributed by atoms with E-state index in [0.717, 1.165) is 24.0 Å². The second-order valence-corrected chi connectivity index (χ2v) is 14.4. The minimum atomic E-state index is -1.12. The number of ketones is 1. The lowest BCUT2D eigenvalue weighted by Gasteiger charge is -2.35. The molecule has 2 aromatic rings. The van der Waals surface area contributed by atoms with Crippen LogP contribution in [0.1, 0.15) is 70.9 Å². The Balaban J connectivity index is 1.40. The summed E-state index contributed by atoms with van der Waals surface area (Å²) in [7, 11) is 0. The molecular formula is C35H44ClN7O6. The number of nitrogens with zero attached hydrogens (tertiary/aromatic N) is 2. The third-order valence-electron chi connectivity index (χ3n) is 8.76. The molecule has 14 heteroatoms. The number of hydrogen-bond donors (Lipinski definition) is 5. The molecule has 262 valence electrons. The van der Waals surface area contributed by atoms with E-state index < -0.39 is 58.7 Å². The summed E-state index contributed by atoms with van der Waals surface area (Å²) in [6.45, 7) is 7.47. The molecule has 1 saturated heterocycles. The van der Waals surface area contributed by atoms with Crippen LogP contribution in [0.4, 0.5) is 4.79 Å². The first-order valence-electron chi connectivity index (χ1n) is 16.6. The number of likely N-dealkylation sites (tertiary alicyclic amines) is 1. The second kappa shape index (κ2) is 15.0. The predicted molar refractivity (Wildman–Crippen MR) is 182 cm³/mol. The Morgan fingerprint density at radius 3 is 2.55 bits per heavy atom. The average molecular weight is 694 g/mol. The number of halogens is 1. The van der Waals surface area contributed by atoms with Crippen LogP contribution in [0.2, 0.25) is 5.02 Å². The van der Waals surface area contributed by atoms with Crippen molar-refractivity contribution in [3.63, 3.8) is 0 Å². The molecule has 4 atom stereocenters. The zero-order valence-corrected chi connectivity index (χ0v) is 28.9. The highest BCUT2D eigenvalue weighted by molar-refractivity contribution is 6.38. The smallest absolute Gasteiger partial charge is 0.315 e. The first-order valence-corrected chi connectivity index (χ1v) is 17.0. The van der Waals surface area contributed by atoms with Crippen LogP contribution < -0.4 is 26.7 Å². The highest BCUT2D eigenvalue weighted by atomic mass is 35.5. The van der Waals surface area contributed by atoms with Crippen LogP contribution >= 0.6 is 11.6 Å². The summed E-state index contributed by atoms with van der Waals surface area (Å²) < 4.78 is 0. The summed E-state index contributed by atoms with van der Waals surface area (Å²) in [6, 6.07) is 6.96. The number of rotatable bonds is 12. The maximum atomic E-state index is 14.5. The molecule has 49 heavy (non-hydrogen) atoms. The van der Waals surface area contributed by atoms with Gasteiger partial charge in [-0.15, -0.1) is 0 Å². The molecule has 5 amide bonds. The minimum absolute atomic E-state index is 0.0203. The maximum Gasteiger partial charge on any atom is 0.315 e. The van der Waals surface area contributed by atoms with Gasteiger partial charge in [0.05, 0.1) is 18.3 Å². The first-order chi connectivity index (χ1) is 23.3. The minimum Gasteiger partial charge on any atom is -0.347 e. The fourth-order valence-electron chi connectivity index (χ4n) is 5.97. The molecule has 13 nitrogen and oxygen atoms in total. The third kappa shape index (κ3) is 8.95. The Bertz CT molecular complexity index is 1610. The van der Waals surface area contributed by atoms with E-state index in [-0.39, 0.29) is 32.0 Å². The van der Waals surface area contributed by atoms with Crippen LogP contribution in [0, 0.1) is 5.41 Å². The summed E-state index contributed by atoms with van der Waals surface area (Å²) in [4.78, 5) is 79.0. The Morgan fingerprint density at radius 2 is 1.90 bits per heavy atom. The van der Waals surface area contributed by atoms with Gasteiger partial charge in [0, 0.05) is 42.0 Å². The van der Waals surface area contributed by atoms with Gasteiger partial charge in [0.2, 0.25) is 17.6 Å². The van der Waals surface area contributed by atoms with Gasteiger partial charge in [-0.1, -0.05) is 63.9 Å². The van der Waals surface area contributed by atoms with E-state index in [1.54, 1.807) is 36.7 Å². The number of carbonyl (C=O) groups excluding carboxylic acids is 5. The van der Waals surface area contributed by atoms with E-state index in [4.69, 9.17) is 16.4 Å². The Morgan fingerprint density at radius 1 is 1.12 bits per heavy atom. The Labute approximate surface area is 290 Å². The third-order valence-corrected chi connectivity index (χ3v) is 8.99. The zero-order chi connectivity index (χ0) is 35.3. The monoisotopic (exact) mass is 693 g/mol. The zero-order valence-electron chi connectivity index (χ0n) is 28.2. The van der Waals surface area contributed by atoms with Gasteiger partial charge in [-0.05, 0) is 54.5 Å². The molecule has 1 spiro atoms. The molecule has 2 fully saturated rings. The predicted octanol–water partition coefficient (Wildman–Crippen LogP) is 3.00. The summed E-state index contributed by atoms with van der Waals surface area (Å²) in [5.74, 6) is -2.56. The molecule has 1 aliphatic carbocycles. The number of aromatic nitrogens is 1. The number of amides is 5. The van der Waals surface area contributed by atoms with E-state index in [9.17, 15) is 24.0 Å². The van der Waals surface area contributed by atoms with Crippen molar-refractivity contribution in [1.29, 1.82) is 0 Å². The quantitative estimate of drug-likeness (QED) is 0.211. The number of nitrogens with one attached hydrogen (secondary N) is 5. The fourth-order valence-corrected chi connectivity index (χ4v) is 6.16. The van der Waals surface area contributed by atoms with Gasteiger partial charge in [-0.25, -0.2) is 4.79 Å². The number of benzene rings is 1. The molecule has 1 aromatic heterocycles. The van der Waals surface area contributed by atoms with Gasteiger partial charge >= 0.3 is 6.03 Å². The van der Waals surface area contributed by atoms with Crippen molar-refractivity contribution >= 4 is 46.8 Å². The molecular weight excluding hydrogens is 650 g/mol. The van der Waals surface area contributed by atoms with Crippen molar-refractivity contribution in [1.82, 2.24) is 36.6 Å². The Kier molecular flexibility index (Phi) is 10.9. The van der Waals surface area contributed by atoms with Crippen molar-refractivity contribution in [2.45, 2.75) is 96.1 Å². The number of carbonyl (C=O) groups is 5. The molecule has 3 heterocycles. The van der Waals surface area contributed by atoms with Crippen LogP contribution in [0.5, 0.6) is 0 Å². The van der Waals surface area contributed by atoms with Crippen molar-refractivity contribution in [2.75, 3.05) is 6.54 Å². The van der Waals surface area contributed by atoms with Crippen LogP contribution in [0.3, 0.4) is 0 Å². The van der Waals surface area contributed by atoms with Crippen molar-refractivity contribution in [3.8, 4) is 0 Å². The van der Waals surface area contributed by atoms with Crippen molar-refractivity contribution < 1.29 is 28.8 Å². The Hall–Kier alpha value is -4.49. The molecule has 1 saturated carbocycles. The van der Waals surface area contributed by atoms with Gasteiger partial charge in [0.1, 0.15) is 17.7 Å². The topological polar surface area (TPSA) is 171 Å². The van der Waals surface area contributed by atoms with Crippen LogP contribution in [-0.4, -0.2) is 75.7 Å². The molecule has 1 aromatic carbocycles. The van der Waals surface area contributed by atoms with Crippen LogP contribution in [0.25, 0.3) is 5.70 Å². The second-order valence-electron chi connectivity index (χ2n) is 14.0. The average Bonchev–Trinajstić information content (AvgIpc) is 3.66. The fraction of sp³-hybridized carbons (Fsp3) is 0.486. The van der Waals surface area contributed by atoms with Crippen molar-refractivity contribution in [3.05, 3.63) is 71.0 Å². The van der Waals surface area contributed by atoms with Crippen LogP contribution in [0.15, 0.2) is 54.9 Å². The number of urea groups is 1. The largest absolute Gasteiger partial charge is 0.347 e. The number of hydroxylamine groups is 1. The number of hydrogen-bond acceptors (Lipinski definition) is 8. The van der Waals surface area contributed by atoms with Gasteiger partial charge in [0.25, 0.3) is 5.91 Å². The molecule has 0 unspecified atom stereocenters. The number of Topliss-reactive ketones (excluding diaryl/α,β-unsaturated/α-hetero) is 1. The normalized spacial score (nSPS) is 21.3. The molecule has 3 aliphatic rings. The maximum absolute atomic E-state index is 14.5. The van der Waals surface area contributed by atoms with Crippen LogP contribution in [-0.2, 0) is 30.6 Å². The van der Waals surface area contributed by atoms with E-state index >= 15 is 0 Å². The number of pyridine rings is 1. The molecule has 2 aliphatic heterocycles. The summed E-state index contributed by atoms with van der Waals surface area (Å²) in [6.07, 6.45) is 7.54. The highest BCUT2D eigenvalue weighted by Crippen LogP contribution is 2.39. The highest BCUT2D eigenvalue weighted by Gasteiger charge is 2.54. The standard InChI is InChI=1S/C35H44ClN7O6/c1-5-8-25(28(44)31(46)39-24-12-13-24)40-30(45)27-17-35(16-26(42-49-35)22-10-6-11-23(36)15-22)20-43(27)32(47)29(34(2,3)4)41-33(48)38-19-21-9-7-14-37-18-21/h6-7,9-11,14-16,18,24-25,27,29,42H,5,8,12-13,17,19-20H2,1-4H3,(H,39,46)(H,40,45)(H2,38,41,48)/t25-,27-,29+,35+/m0/s1. The van der Waals surface area contributed by atoms with E-state index in [1.807, 2.05) is 45.9 Å². The lowest BCUT2D eigenvalue weighted by atomic mass is 9.85. The molecule has 5 rings (SSSR count). The molecule has 0 radical (unpaired) electrons. The van der Waals surface area contributed by atoms with Crippen molar-refractivity contribution in [2.24, 2.45) is 5.41 Å². The van der Waals surface area contributed by atoms with Gasteiger partial charge in [-0.2, -0.15) is 0 Å². The summed E-state index contributed by atoms with van der Waals surface area (Å²) in [5, 5.41) is 11.6. The molecule has 5 N–H and O–H groups in total. The van der Waals surface area contributed by atoms with Gasteiger partial charge in [0.15, 0.2) is 0 Å². The molecule has 0 bridgehead atoms.